The molecule has 5 nitrogen and oxygen atoms in total. The fourth-order valence-corrected chi connectivity index (χ4v) is 2.21. The summed E-state index contributed by atoms with van der Waals surface area (Å²) in [4.78, 5) is 23.6. The third kappa shape index (κ3) is 9.30. The second kappa shape index (κ2) is 10.1. The lowest BCUT2D eigenvalue weighted by Gasteiger charge is -2.20. The molecule has 0 radical (unpaired) electrons. The van der Waals surface area contributed by atoms with Gasteiger partial charge in [-0.25, -0.2) is 0 Å². The molecular weight excluding hydrogens is 304 g/mol. The van der Waals surface area contributed by atoms with Crippen LogP contribution in [-0.4, -0.2) is 30.1 Å². The van der Waals surface area contributed by atoms with Crippen LogP contribution in [0.5, 0.6) is 0 Å². The largest absolute Gasteiger partial charge is 0.460 e. The third-order valence-electron chi connectivity index (χ3n) is 3.43. The normalized spacial score (nSPS) is 12.5. The molecule has 0 aliphatic rings. The smallest absolute Gasteiger partial charge is 0.308 e. The van der Waals surface area contributed by atoms with Crippen molar-refractivity contribution in [3.63, 3.8) is 0 Å². The van der Waals surface area contributed by atoms with Gasteiger partial charge in [0.05, 0.1) is 6.42 Å². The summed E-state index contributed by atoms with van der Waals surface area (Å²) in [5.74, 6) is -0.344. The number of esters is 1. The molecule has 0 aliphatic heterocycles. The van der Waals surface area contributed by atoms with Gasteiger partial charge < -0.3 is 15.4 Å². The summed E-state index contributed by atoms with van der Waals surface area (Å²) in [5.41, 5.74) is 0.705. The standard InChI is InChI=1S/C19H30N2O3/c1-5-16(21-14-15-9-7-6-8-10-15)13-17(22)20-12-11-18(23)24-19(2,3)4/h6-10,16,21H,5,11-14H2,1-4H3,(H,20,22). The molecule has 0 fully saturated rings. The van der Waals surface area contributed by atoms with Crippen molar-refractivity contribution in [2.75, 3.05) is 6.54 Å². The summed E-state index contributed by atoms with van der Waals surface area (Å²) in [6.45, 7) is 8.58. The number of carbonyl (C=O) groups is 2. The van der Waals surface area contributed by atoms with Crippen LogP contribution in [0.2, 0.25) is 0 Å². The third-order valence-corrected chi connectivity index (χ3v) is 3.43. The van der Waals surface area contributed by atoms with E-state index in [0.29, 0.717) is 13.0 Å². The number of ether oxygens (including phenoxy) is 1. The molecule has 0 saturated carbocycles. The molecule has 0 spiro atoms. The molecule has 1 aromatic rings. The maximum atomic E-state index is 12.0. The van der Waals surface area contributed by atoms with E-state index in [9.17, 15) is 9.59 Å². The second-order valence-corrected chi connectivity index (χ2v) is 6.86. The van der Waals surface area contributed by atoms with Gasteiger partial charge in [0, 0.05) is 25.6 Å². The molecule has 24 heavy (non-hydrogen) atoms. The number of carbonyl (C=O) groups excluding carboxylic acids is 2. The molecule has 1 amide bonds. The quantitative estimate of drug-likeness (QED) is 0.682. The highest BCUT2D eigenvalue weighted by atomic mass is 16.6. The molecule has 1 atom stereocenters. The summed E-state index contributed by atoms with van der Waals surface area (Å²) in [6.07, 6.45) is 1.46. The lowest BCUT2D eigenvalue weighted by Crippen LogP contribution is -2.36. The molecule has 0 saturated heterocycles. The first-order valence-electron chi connectivity index (χ1n) is 8.56. The predicted octanol–water partition coefficient (Wildman–Crippen LogP) is 2.79. The minimum atomic E-state index is -0.490. The summed E-state index contributed by atoms with van der Waals surface area (Å²) in [6, 6.07) is 10.2. The molecule has 1 rings (SSSR count). The van der Waals surface area contributed by atoms with Gasteiger partial charge in [0.25, 0.3) is 0 Å². The maximum Gasteiger partial charge on any atom is 0.308 e. The Labute approximate surface area is 145 Å². The van der Waals surface area contributed by atoms with E-state index in [1.54, 1.807) is 0 Å². The Morgan fingerprint density at radius 3 is 2.42 bits per heavy atom. The molecular formula is C19H30N2O3. The van der Waals surface area contributed by atoms with Crippen LogP contribution < -0.4 is 10.6 Å². The van der Waals surface area contributed by atoms with Crippen molar-refractivity contribution in [2.45, 2.75) is 65.1 Å². The van der Waals surface area contributed by atoms with Crippen LogP contribution in [0.3, 0.4) is 0 Å². The van der Waals surface area contributed by atoms with E-state index < -0.39 is 5.60 Å². The number of hydrogen-bond acceptors (Lipinski definition) is 4. The van der Waals surface area contributed by atoms with Crippen molar-refractivity contribution in [1.29, 1.82) is 0 Å². The van der Waals surface area contributed by atoms with E-state index in [1.807, 2.05) is 39.0 Å². The number of nitrogens with one attached hydrogen (secondary N) is 2. The summed E-state index contributed by atoms with van der Waals surface area (Å²) in [5, 5.41) is 6.18. The first-order valence-corrected chi connectivity index (χ1v) is 8.56. The summed E-state index contributed by atoms with van der Waals surface area (Å²) >= 11 is 0. The number of hydrogen-bond donors (Lipinski definition) is 2. The molecule has 0 aromatic heterocycles. The van der Waals surface area contributed by atoms with Crippen LogP contribution >= 0.6 is 0 Å². The van der Waals surface area contributed by atoms with Gasteiger partial charge in [-0.2, -0.15) is 0 Å². The lowest BCUT2D eigenvalue weighted by molar-refractivity contribution is -0.154. The highest BCUT2D eigenvalue weighted by molar-refractivity contribution is 5.77. The Bertz CT molecular complexity index is 509. The van der Waals surface area contributed by atoms with Crippen molar-refractivity contribution in [2.24, 2.45) is 0 Å². The van der Waals surface area contributed by atoms with Crippen LogP contribution in [0.1, 0.15) is 52.5 Å². The number of benzene rings is 1. The Kier molecular flexibility index (Phi) is 8.47. The van der Waals surface area contributed by atoms with Crippen molar-refractivity contribution < 1.29 is 14.3 Å². The molecule has 1 unspecified atom stereocenters. The van der Waals surface area contributed by atoms with Gasteiger partial charge in [-0.3, -0.25) is 9.59 Å². The van der Waals surface area contributed by atoms with Crippen LogP contribution in [0.25, 0.3) is 0 Å². The Hall–Kier alpha value is -1.88. The fraction of sp³-hybridized carbons (Fsp3) is 0.579. The average molecular weight is 334 g/mol. The van der Waals surface area contributed by atoms with Gasteiger partial charge in [-0.05, 0) is 32.8 Å². The van der Waals surface area contributed by atoms with Gasteiger partial charge in [0.1, 0.15) is 5.60 Å². The Morgan fingerprint density at radius 1 is 1.17 bits per heavy atom. The molecule has 134 valence electrons. The molecule has 0 heterocycles. The topological polar surface area (TPSA) is 67.4 Å². The van der Waals surface area contributed by atoms with E-state index in [1.165, 1.54) is 5.56 Å². The van der Waals surface area contributed by atoms with E-state index in [-0.39, 0.29) is 24.3 Å². The van der Waals surface area contributed by atoms with E-state index in [0.717, 1.165) is 13.0 Å². The van der Waals surface area contributed by atoms with Crippen LogP contribution in [0.15, 0.2) is 30.3 Å². The Balaban J connectivity index is 2.25. The van der Waals surface area contributed by atoms with E-state index in [4.69, 9.17) is 4.74 Å². The molecule has 5 heteroatoms. The van der Waals surface area contributed by atoms with Crippen LogP contribution in [0, 0.1) is 0 Å². The zero-order chi connectivity index (χ0) is 18.0. The molecule has 0 aliphatic carbocycles. The molecule has 0 bridgehead atoms. The fourth-order valence-electron chi connectivity index (χ4n) is 2.21. The number of rotatable bonds is 9. The zero-order valence-electron chi connectivity index (χ0n) is 15.2. The van der Waals surface area contributed by atoms with Gasteiger partial charge in [-0.15, -0.1) is 0 Å². The second-order valence-electron chi connectivity index (χ2n) is 6.86. The van der Waals surface area contributed by atoms with E-state index >= 15 is 0 Å². The van der Waals surface area contributed by atoms with Crippen molar-refractivity contribution in [3.05, 3.63) is 35.9 Å². The van der Waals surface area contributed by atoms with Crippen molar-refractivity contribution in [1.82, 2.24) is 10.6 Å². The predicted molar refractivity (Wildman–Crippen MR) is 95.4 cm³/mol. The zero-order valence-corrected chi connectivity index (χ0v) is 15.2. The highest BCUT2D eigenvalue weighted by Gasteiger charge is 2.16. The summed E-state index contributed by atoms with van der Waals surface area (Å²) in [7, 11) is 0. The van der Waals surface area contributed by atoms with Crippen molar-refractivity contribution >= 4 is 11.9 Å². The minimum absolute atomic E-state index is 0.0500. The van der Waals surface area contributed by atoms with Gasteiger partial charge in [0.15, 0.2) is 0 Å². The average Bonchev–Trinajstić information content (AvgIpc) is 2.50. The van der Waals surface area contributed by atoms with Gasteiger partial charge in [-0.1, -0.05) is 37.3 Å². The minimum Gasteiger partial charge on any atom is -0.460 e. The Morgan fingerprint density at radius 2 is 1.83 bits per heavy atom. The monoisotopic (exact) mass is 334 g/mol. The lowest BCUT2D eigenvalue weighted by atomic mass is 10.1. The van der Waals surface area contributed by atoms with Crippen LogP contribution in [0.4, 0.5) is 0 Å². The molecule has 1 aromatic carbocycles. The first kappa shape index (κ1) is 20.2. The van der Waals surface area contributed by atoms with Crippen LogP contribution in [-0.2, 0) is 20.9 Å². The first-order chi connectivity index (χ1) is 11.3. The van der Waals surface area contributed by atoms with Crippen molar-refractivity contribution in [3.8, 4) is 0 Å². The SMILES string of the molecule is CCC(CC(=O)NCCC(=O)OC(C)(C)C)NCc1ccccc1. The van der Waals surface area contributed by atoms with Gasteiger partial charge >= 0.3 is 5.97 Å². The maximum absolute atomic E-state index is 12.0. The highest BCUT2D eigenvalue weighted by Crippen LogP contribution is 2.08. The van der Waals surface area contributed by atoms with E-state index in [2.05, 4.69) is 29.7 Å². The summed E-state index contributed by atoms with van der Waals surface area (Å²) < 4.78 is 5.21. The number of amides is 1. The van der Waals surface area contributed by atoms with Gasteiger partial charge in [0.2, 0.25) is 5.91 Å². The molecule has 2 N–H and O–H groups in total.